The number of ether oxygens (including phenoxy) is 1. The van der Waals surface area contributed by atoms with E-state index in [-0.39, 0.29) is 5.97 Å². The summed E-state index contributed by atoms with van der Waals surface area (Å²) in [6, 6.07) is 7.40. The summed E-state index contributed by atoms with van der Waals surface area (Å²) in [6.45, 7) is 4.13. The van der Waals surface area contributed by atoms with Crippen LogP contribution >= 0.6 is 0 Å². The van der Waals surface area contributed by atoms with Crippen LogP contribution in [0.4, 0.5) is 0 Å². The maximum absolute atomic E-state index is 11.6. The Morgan fingerprint density at radius 3 is 2.89 bits per heavy atom. The molecule has 1 heterocycles. The Balaban J connectivity index is 2.26. The summed E-state index contributed by atoms with van der Waals surface area (Å²) in [5, 5.41) is 1.12. The van der Waals surface area contributed by atoms with Crippen LogP contribution in [0, 0.1) is 6.92 Å². The van der Waals surface area contributed by atoms with Gasteiger partial charge >= 0.3 is 5.97 Å². The Bertz CT molecular complexity index is 560. The first kappa shape index (κ1) is 12.6. The number of H-pyrrole nitrogens is 1. The number of aromatic nitrogens is 1. The van der Waals surface area contributed by atoms with E-state index in [1.54, 1.807) is 6.92 Å². The molecule has 1 aromatic heterocycles. The molecule has 0 amide bonds. The fraction of sp³-hybridized carbons (Fsp3) is 0.357. The largest absolute Gasteiger partial charge is 0.465 e. The Morgan fingerprint density at radius 1 is 1.44 bits per heavy atom. The van der Waals surface area contributed by atoms with Crippen LogP contribution < -0.4 is 5.73 Å². The molecule has 2 aromatic rings. The normalized spacial score (nSPS) is 12.6. The Kier molecular flexibility index (Phi) is 3.67. The molecule has 96 valence electrons. The van der Waals surface area contributed by atoms with Gasteiger partial charge in [0.05, 0.1) is 6.61 Å². The quantitative estimate of drug-likeness (QED) is 0.810. The Hall–Kier alpha value is -1.81. The van der Waals surface area contributed by atoms with Crippen molar-refractivity contribution in [3.05, 3.63) is 35.5 Å². The number of hydrogen-bond donors (Lipinski definition) is 2. The minimum Gasteiger partial charge on any atom is -0.465 e. The van der Waals surface area contributed by atoms with Gasteiger partial charge in [-0.15, -0.1) is 0 Å². The molecule has 1 atom stereocenters. The molecule has 0 saturated heterocycles. The lowest BCUT2D eigenvalue weighted by Crippen LogP contribution is -2.34. The number of para-hydroxylation sites is 1. The maximum atomic E-state index is 11.6. The van der Waals surface area contributed by atoms with Crippen molar-refractivity contribution in [2.75, 3.05) is 6.61 Å². The van der Waals surface area contributed by atoms with Crippen molar-refractivity contribution in [3.8, 4) is 0 Å². The molecule has 4 nitrogen and oxygen atoms in total. The summed E-state index contributed by atoms with van der Waals surface area (Å²) in [4.78, 5) is 14.9. The molecule has 3 N–H and O–H groups in total. The number of nitrogens with two attached hydrogens (primary N) is 1. The predicted molar refractivity (Wildman–Crippen MR) is 71.3 cm³/mol. The van der Waals surface area contributed by atoms with Crippen molar-refractivity contribution in [1.29, 1.82) is 0 Å². The van der Waals surface area contributed by atoms with Gasteiger partial charge in [-0.05, 0) is 25.5 Å². The molecular formula is C14H18N2O2. The van der Waals surface area contributed by atoms with Crippen LogP contribution in [-0.4, -0.2) is 23.6 Å². The van der Waals surface area contributed by atoms with Gasteiger partial charge in [-0.2, -0.15) is 0 Å². The van der Waals surface area contributed by atoms with E-state index in [9.17, 15) is 4.79 Å². The lowest BCUT2D eigenvalue weighted by Gasteiger charge is -2.10. The number of carbonyl (C=O) groups excluding carboxylic acids is 1. The fourth-order valence-electron chi connectivity index (χ4n) is 2.15. The molecule has 1 aromatic carbocycles. The number of benzene rings is 1. The van der Waals surface area contributed by atoms with Gasteiger partial charge < -0.3 is 15.5 Å². The van der Waals surface area contributed by atoms with Gasteiger partial charge in [-0.25, -0.2) is 0 Å². The summed E-state index contributed by atoms with van der Waals surface area (Å²) in [6.07, 6.45) is 0.495. The van der Waals surface area contributed by atoms with Crippen LogP contribution in [0.1, 0.15) is 18.2 Å². The van der Waals surface area contributed by atoms with Crippen LogP contribution in [0.25, 0.3) is 10.9 Å². The molecule has 0 aliphatic carbocycles. The third-order valence-electron chi connectivity index (χ3n) is 3.04. The number of carbonyl (C=O) groups is 1. The predicted octanol–water partition coefficient (Wildman–Crippen LogP) is 1.91. The maximum Gasteiger partial charge on any atom is 0.323 e. The van der Waals surface area contributed by atoms with E-state index in [4.69, 9.17) is 10.5 Å². The standard InChI is InChI=1S/C14H18N2O2/c1-3-18-14(17)12(15)8-11-9(2)16-13-7-5-4-6-10(11)13/h4-7,12,16H,3,8,15H2,1-2H3/t12-/m1/s1. The number of nitrogens with one attached hydrogen (secondary N) is 1. The summed E-state index contributed by atoms with van der Waals surface area (Å²) in [5.74, 6) is -0.345. The molecule has 0 spiro atoms. The summed E-state index contributed by atoms with van der Waals surface area (Å²) < 4.78 is 4.93. The molecule has 0 fully saturated rings. The van der Waals surface area contributed by atoms with Crippen molar-refractivity contribution in [3.63, 3.8) is 0 Å². The zero-order valence-corrected chi connectivity index (χ0v) is 10.7. The van der Waals surface area contributed by atoms with E-state index >= 15 is 0 Å². The van der Waals surface area contributed by atoms with Gasteiger partial charge in [-0.1, -0.05) is 18.2 Å². The topological polar surface area (TPSA) is 68.1 Å². The molecule has 0 unspecified atom stereocenters. The second kappa shape index (κ2) is 5.23. The van der Waals surface area contributed by atoms with Crippen LogP contribution in [-0.2, 0) is 16.0 Å². The van der Waals surface area contributed by atoms with Gasteiger partial charge in [0.2, 0.25) is 0 Å². The monoisotopic (exact) mass is 246 g/mol. The highest BCUT2D eigenvalue weighted by molar-refractivity contribution is 5.85. The molecular weight excluding hydrogens is 228 g/mol. The van der Waals surface area contributed by atoms with Crippen molar-refractivity contribution >= 4 is 16.9 Å². The van der Waals surface area contributed by atoms with E-state index in [1.807, 2.05) is 31.2 Å². The van der Waals surface area contributed by atoms with E-state index in [2.05, 4.69) is 4.98 Å². The highest BCUT2D eigenvalue weighted by Gasteiger charge is 2.18. The first-order valence-electron chi connectivity index (χ1n) is 6.12. The number of aryl methyl sites for hydroxylation is 1. The molecule has 4 heteroatoms. The van der Waals surface area contributed by atoms with Crippen LogP contribution in [0.2, 0.25) is 0 Å². The van der Waals surface area contributed by atoms with Crippen LogP contribution in [0.15, 0.2) is 24.3 Å². The van der Waals surface area contributed by atoms with Crippen LogP contribution in [0.3, 0.4) is 0 Å². The second-order valence-electron chi connectivity index (χ2n) is 4.34. The first-order chi connectivity index (χ1) is 8.63. The van der Waals surface area contributed by atoms with E-state index in [0.717, 1.165) is 22.2 Å². The van der Waals surface area contributed by atoms with E-state index < -0.39 is 6.04 Å². The minimum atomic E-state index is -0.608. The highest BCUT2D eigenvalue weighted by Crippen LogP contribution is 2.22. The Morgan fingerprint density at radius 2 is 2.17 bits per heavy atom. The lowest BCUT2D eigenvalue weighted by atomic mass is 10.0. The molecule has 2 rings (SSSR count). The Labute approximate surface area is 106 Å². The van der Waals surface area contributed by atoms with Crippen molar-refractivity contribution in [2.45, 2.75) is 26.3 Å². The molecule has 0 saturated carbocycles. The van der Waals surface area contributed by atoms with E-state index in [1.165, 1.54) is 0 Å². The van der Waals surface area contributed by atoms with Crippen molar-refractivity contribution in [1.82, 2.24) is 4.98 Å². The van der Waals surface area contributed by atoms with Gasteiger partial charge in [0, 0.05) is 23.0 Å². The van der Waals surface area contributed by atoms with Gasteiger partial charge in [0.15, 0.2) is 0 Å². The molecule has 0 aliphatic heterocycles. The summed E-state index contributed by atoms with van der Waals surface area (Å²) >= 11 is 0. The number of hydrogen-bond acceptors (Lipinski definition) is 3. The van der Waals surface area contributed by atoms with Gasteiger partial charge in [-0.3, -0.25) is 4.79 Å². The summed E-state index contributed by atoms with van der Waals surface area (Å²) in [7, 11) is 0. The van der Waals surface area contributed by atoms with Crippen molar-refractivity contribution < 1.29 is 9.53 Å². The minimum absolute atomic E-state index is 0.345. The number of esters is 1. The molecule has 0 radical (unpaired) electrons. The molecule has 18 heavy (non-hydrogen) atoms. The smallest absolute Gasteiger partial charge is 0.323 e. The SMILES string of the molecule is CCOC(=O)[C@H](N)Cc1c(C)[nH]c2ccccc12. The average molecular weight is 246 g/mol. The fourth-order valence-corrected chi connectivity index (χ4v) is 2.15. The van der Waals surface area contributed by atoms with Gasteiger partial charge in [0.1, 0.15) is 6.04 Å². The zero-order chi connectivity index (χ0) is 13.1. The first-order valence-corrected chi connectivity index (χ1v) is 6.12. The summed E-state index contributed by atoms with van der Waals surface area (Å²) in [5.41, 5.74) is 9.08. The third kappa shape index (κ3) is 2.38. The molecule has 0 aliphatic rings. The second-order valence-corrected chi connectivity index (χ2v) is 4.34. The van der Waals surface area contributed by atoms with E-state index in [0.29, 0.717) is 13.0 Å². The van der Waals surface area contributed by atoms with Gasteiger partial charge in [0.25, 0.3) is 0 Å². The highest BCUT2D eigenvalue weighted by atomic mass is 16.5. The third-order valence-corrected chi connectivity index (χ3v) is 3.04. The number of fused-ring (bicyclic) bond motifs is 1. The number of rotatable bonds is 4. The van der Waals surface area contributed by atoms with Crippen LogP contribution in [0.5, 0.6) is 0 Å². The zero-order valence-electron chi connectivity index (χ0n) is 10.7. The number of aromatic amines is 1. The lowest BCUT2D eigenvalue weighted by molar-refractivity contribution is -0.144. The average Bonchev–Trinajstić information content (AvgIpc) is 2.66. The van der Waals surface area contributed by atoms with Crippen molar-refractivity contribution in [2.24, 2.45) is 5.73 Å². The molecule has 0 bridgehead atoms.